The summed E-state index contributed by atoms with van der Waals surface area (Å²) in [6.45, 7) is 4.58. The molecule has 4 aliphatic rings. The van der Waals surface area contributed by atoms with Crippen LogP contribution in [0.3, 0.4) is 0 Å². The number of aromatic nitrogens is 3. The van der Waals surface area contributed by atoms with E-state index in [-0.39, 0.29) is 35.9 Å². The van der Waals surface area contributed by atoms with E-state index in [1.807, 2.05) is 6.07 Å². The molecule has 12 heteroatoms. The van der Waals surface area contributed by atoms with Crippen LogP contribution in [0.2, 0.25) is 0 Å². The maximum absolute atomic E-state index is 13.1. The van der Waals surface area contributed by atoms with Gasteiger partial charge in [-0.1, -0.05) is 11.3 Å². The molecule has 1 N–H and O–H groups in total. The first-order chi connectivity index (χ1) is 17.0. The molecule has 35 heavy (non-hydrogen) atoms. The van der Waals surface area contributed by atoms with E-state index >= 15 is 0 Å². The van der Waals surface area contributed by atoms with Crippen molar-refractivity contribution < 1.29 is 23.9 Å². The lowest BCUT2D eigenvalue weighted by Crippen LogP contribution is -2.59. The van der Waals surface area contributed by atoms with Gasteiger partial charge in [0.1, 0.15) is 6.04 Å². The van der Waals surface area contributed by atoms with Crippen LogP contribution < -0.4 is 5.32 Å². The van der Waals surface area contributed by atoms with Crippen LogP contribution in [0.25, 0.3) is 5.69 Å². The van der Waals surface area contributed by atoms with Gasteiger partial charge in [0.05, 0.1) is 31.1 Å². The minimum atomic E-state index is -0.665. The zero-order chi connectivity index (χ0) is 24.1. The Hall–Kier alpha value is -3.64. The molecule has 0 radical (unpaired) electrons. The average molecular weight is 479 g/mol. The summed E-state index contributed by atoms with van der Waals surface area (Å²) in [5, 5.41) is 10.5. The number of ether oxygens (including phenoxy) is 1. The highest BCUT2D eigenvalue weighted by atomic mass is 16.5. The van der Waals surface area contributed by atoms with Crippen molar-refractivity contribution in [2.45, 2.75) is 31.5 Å². The third-order valence-corrected chi connectivity index (χ3v) is 7.21. The molecule has 2 atom stereocenters. The Morgan fingerprint density at radius 2 is 2.03 bits per heavy atom. The fourth-order valence-corrected chi connectivity index (χ4v) is 5.27. The van der Waals surface area contributed by atoms with Gasteiger partial charge < -0.3 is 14.5 Å². The number of morpholine rings is 1. The highest BCUT2D eigenvalue weighted by Gasteiger charge is 2.39. The standard InChI is InChI=1S/C23H25N7O5/c31-20-4-3-19(21(32)24-20)29-10-14-1-2-15(9-17(14)22(29)33)30-12-18(25-26-30)23(34)28-6-5-27-7-8-35-13-16(27)11-28/h1-2,9,12,16,19H,3-8,10-11,13H2,(H,24,31,32)/t16-,19?/m1/s1. The van der Waals surface area contributed by atoms with Gasteiger partial charge >= 0.3 is 0 Å². The normalized spacial score (nSPS) is 24.9. The highest BCUT2D eigenvalue weighted by Crippen LogP contribution is 2.29. The minimum Gasteiger partial charge on any atom is -0.378 e. The van der Waals surface area contributed by atoms with Crippen LogP contribution in [-0.2, 0) is 20.9 Å². The second-order valence-corrected chi connectivity index (χ2v) is 9.31. The number of hydrogen-bond donors (Lipinski definition) is 1. The largest absolute Gasteiger partial charge is 0.378 e. The first kappa shape index (κ1) is 21.9. The van der Waals surface area contributed by atoms with Crippen molar-refractivity contribution in [3.63, 3.8) is 0 Å². The highest BCUT2D eigenvalue weighted by molar-refractivity contribution is 6.05. The van der Waals surface area contributed by atoms with Crippen molar-refractivity contribution in [2.75, 3.05) is 39.4 Å². The third-order valence-electron chi connectivity index (χ3n) is 7.21. The van der Waals surface area contributed by atoms with Gasteiger partial charge in [-0.3, -0.25) is 29.4 Å². The van der Waals surface area contributed by atoms with E-state index in [1.165, 1.54) is 9.58 Å². The number of imide groups is 1. The van der Waals surface area contributed by atoms with Gasteiger partial charge in [-0.05, 0) is 24.1 Å². The molecule has 5 heterocycles. The van der Waals surface area contributed by atoms with Crippen molar-refractivity contribution in [1.29, 1.82) is 0 Å². The summed E-state index contributed by atoms with van der Waals surface area (Å²) in [5.74, 6) is -1.20. The molecule has 0 aliphatic carbocycles. The quantitative estimate of drug-likeness (QED) is 0.566. The maximum atomic E-state index is 13.1. The van der Waals surface area contributed by atoms with Gasteiger partial charge in [0, 0.05) is 44.7 Å². The van der Waals surface area contributed by atoms with Gasteiger partial charge in [0.15, 0.2) is 5.69 Å². The lowest BCUT2D eigenvalue weighted by Gasteiger charge is -2.43. The summed E-state index contributed by atoms with van der Waals surface area (Å²) in [4.78, 5) is 55.5. The topological polar surface area (TPSA) is 130 Å². The molecule has 1 aromatic heterocycles. The lowest BCUT2D eigenvalue weighted by atomic mass is 10.0. The molecule has 4 aliphatic heterocycles. The van der Waals surface area contributed by atoms with Crippen molar-refractivity contribution >= 4 is 23.6 Å². The molecule has 0 bridgehead atoms. The number of carbonyl (C=O) groups is 4. The number of piperazine rings is 1. The van der Waals surface area contributed by atoms with Crippen molar-refractivity contribution in [2.24, 2.45) is 0 Å². The summed E-state index contributed by atoms with van der Waals surface area (Å²) in [6.07, 6.45) is 2.10. The average Bonchev–Trinajstić information content (AvgIpc) is 3.48. The molecule has 182 valence electrons. The molecule has 6 rings (SSSR count). The lowest BCUT2D eigenvalue weighted by molar-refractivity contribution is -0.136. The number of carbonyl (C=O) groups excluding carboxylic acids is 4. The van der Waals surface area contributed by atoms with E-state index in [1.54, 1.807) is 23.2 Å². The number of rotatable bonds is 3. The van der Waals surface area contributed by atoms with Crippen molar-refractivity contribution in [1.82, 2.24) is 35.0 Å². The van der Waals surface area contributed by atoms with Crippen LogP contribution in [-0.4, -0.2) is 105 Å². The number of amides is 4. The van der Waals surface area contributed by atoms with Crippen molar-refractivity contribution in [3.05, 3.63) is 41.2 Å². The zero-order valence-electron chi connectivity index (χ0n) is 19.1. The van der Waals surface area contributed by atoms with Crippen LogP contribution >= 0.6 is 0 Å². The molecule has 0 spiro atoms. The molecule has 12 nitrogen and oxygen atoms in total. The molecular formula is C23H25N7O5. The van der Waals surface area contributed by atoms with E-state index in [0.29, 0.717) is 43.9 Å². The van der Waals surface area contributed by atoms with Gasteiger partial charge in [0.2, 0.25) is 11.8 Å². The number of nitrogens with zero attached hydrogens (tertiary/aromatic N) is 6. The summed E-state index contributed by atoms with van der Waals surface area (Å²) < 4.78 is 7.04. The summed E-state index contributed by atoms with van der Waals surface area (Å²) in [7, 11) is 0. The second-order valence-electron chi connectivity index (χ2n) is 9.31. The molecule has 3 fully saturated rings. The van der Waals surface area contributed by atoms with Crippen LogP contribution in [0.15, 0.2) is 24.4 Å². The second kappa shape index (κ2) is 8.54. The Morgan fingerprint density at radius 1 is 1.14 bits per heavy atom. The zero-order valence-corrected chi connectivity index (χ0v) is 19.1. The van der Waals surface area contributed by atoms with E-state index in [9.17, 15) is 19.2 Å². The van der Waals surface area contributed by atoms with Gasteiger partial charge in [0.25, 0.3) is 11.8 Å². The first-order valence-electron chi connectivity index (χ1n) is 11.8. The molecule has 2 aromatic rings. The number of hydrogen-bond acceptors (Lipinski definition) is 8. The van der Waals surface area contributed by atoms with Crippen LogP contribution in [0, 0.1) is 0 Å². The molecule has 0 saturated carbocycles. The van der Waals surface area contributed by atoms with Crippen LogP contribution in [0.4, 0.5) is 0 Å². The van der Waals surface area contributed by atoms with Gasteiger partial charge in [-0.25, -0.2) is 4.68 Å². The molecule has 1 aromatic carbocycles. The Balaban J connectivity index is 1.17. The Kier molecular flexibility index (Phi) is 5.33. The number of piperidine rings is 1. The SMILES string of the molecule is O=C1CCC(N2Cc3ccc(-n4cc(C(=O)N5CCN6CCOC[C@H]6C5)nn4)cc3C2=O)C(=O)N1. The fourth-order valence-electron chi connectivity index (χ4n) is 5.27. The number of benzene rings is 1. The van der Waals surface area contributed by atoms with E-state index in [2.05, 4.69) is 20.5 Å². The van der Waals surface area contributed by atoms with E-state index < -0.39 is 11.9 Å². The summed E-state index contributed by atoms with van der Waals surface area (Å²) in [6, 6.07) is 4.86. The van der Waals surface area contributed by atoms with Crippen molar-refractivity contribution in [3.8, 4) is 5.69 Å². The molecule has 1 unspecified atom stereocenters. The van der Waals surface area contributed by atoms with Crippen LogP contribution in [0.5, 0.6) is 0 Å². The Bertz CT molecular complexity index is 1230. The van der Waals surface area contributed by atoms with E-state index in [4.69, 9.17) is 4.74 Å². The summed E-state index contributed by atoms with van der Waals surface area (Å²) in [5.41, 5.74) is 2.11. The predicted molar refractivity (Wildman–Crippen MR) is 119 cm³/mol. The molecule has 3 saturated heterocycles. The van der Waals surface area contributed by atoms with Gasteiger partial charge in [-0.15, -0.1) is 5.10 Å². The maximum Gasteiger partial charge on any atom is 0.276 e. The fraction of sp³-hybridized carbons (Fsp3) is 0.478. The first-order valence-corrected chi connectivity index (χ1v) is 11.8. The smallest absolute Gasteiger partial charge is 0.276 e. The Labute approximate surface area is 200 Å². The summed E-state index contributed by atoms with van der Waals surface area (Å²) >= 11 is 0. The molecular weight excluding hydrogens is 454 g/mol. The van der Waals surface area contributed by atoms with Crippen LogP contribution in [0.1, 0.15) is 39.3 Å². The minimum absolute atomic E-state index is 0.178. The predicted octanol–water partition coefficient (Wildman–Crippen LogP) is -0.815. The molecule has 4 amide bonds. The third kappa shape index (κ3) is 3.88. The Morgan fingerprint density at radius 3 is 2.89 bits per heavy atom. The van der Waals surface area contributed by atoms with Gasteiger partial charge in [-0.2, -0.15) is 0 Å². The number of nitrogens with one attached hydrogen (secondary N) is 1. The monoisotopic (exact) mass is 479 g/mol. The number of fused-ring (bicyclic) bond motifs is 2. The van der Waals surface area contributed by atoms with E-state index in [0.717, 1.165) is 25.3 Å².